The van der Waals surface area contributed by atoms with Gasteiger partial charge in [0.1, 0.15) is 5.75 Å². The Morgan fingerprint density at radius 2 is 2.00 bits per heavy atom. The van der Waals surface area contributed by atoms with Crippen LogP contribution in [0.1, 0.15) is 6.92 Å². The van der Waals surface area contributed by atoms with E-state index in [0.717, 1.165) is 11.4 Å². The summed E-state index contributed by atoms with van der Waals surface area (Å²) in [5, 5.41) is 13.2. The number of carboxylic acid groups (broad SMARTS) is 1. The first-order valence-corrected chi connectivity index (χ1v) is 4.25. The van der Waals surface area contributed by atoms with E-state index >= 15 is 0 Å². The standard InChI is InChI=1S/C10H13NO3/c1-7(10(12)13)11-8-3-5-9(14-2)6-4-8/h3-7,11H,1-2H3,(H,12,13)/p-1/t7-/m1/s1. The number of ether oxygens (including phenoxy) is 1. The molecule has 0 fully saturated rings. The van der Waals surface area contributed by atoms with Crippen LogP contribution in [0.5, 0.6) is 5.75 Å². The van der Waals surface area contributed by atoms with Crippen LogP contribution < -0.4 is 15.2 Å². The van der Waals surface area contributed by atoms with E-state index in [1.807, 2.05) is 0 Å². The number of hydrogen-bond acceptors (Lipinski definition) is 4. The molecule has 1 aromatic rings. The molecule has 0 spiro atoms. The first-order chi connectivity index (χ1) is 6.63. The predicted molar refractivity (Wildman–Crippen MR) is 51.1 cm³/mol. The van der Waals surface area contributed by atoms with E-state index in [1.165, 1.54) is 6.92 Å². The van der Waals surface area contributed by atoms with E-state index in [1.54, 1.807) is 31.4 Å². The minimum Gasteiger partial charge on any atom is -0.548 e. The highest BCUT2D eigenvalue weighted by atomic mass is 16.5. The Bertz CT molecular complexity index is 308. The van der Waals surface area contributed by atoms with Crippen LogP contribution >= 0.6 is 0 Å². The molecule has 0 radical (unpaired) electrons. The average Bonchev–Trinajstić information content (AvgIpc) is 2.19. The van der Waals surface area contributed by atoms with Crippen LogP contribution in [0.15, 0.2) is 24.3 Å². The lowest BCUT2D eigenvalue weighted by atomic mass is 10.2. The molecule has 4 nitrogen and oxygen atoms in total. The summed E-state index contributed by atoms with van der Waals surface area (Å²) in [7, 11) is 1.58. The van der Waals surface area contributed by atoms with Gasteiger partial charge in [0.25, 0.3) is 0 Å². The Labute approximate surface area is 82.5 Å². The number of carboxylic acids is 1. The van der Waals surface area contributed by atoms with Gasteiger partial charge in [0.15, 0.2) is 0 Å². The number of carbonyl (C=O) groups is 1. The molecule has 1 N–H and O–H groups in total. The fourth-order valence-electron chi connectivity index (χ4n) is 0.996. The molecule has 0 heterocycles. The van der Waals surface area contributed by atoms with Gasteiger partial charge in [-0.3, -0.25) is 0 Å². The van der Waals surface area contributed by atoms with Crippen molar-refractivity contribution in [3.05, 3.63) is 24.3 Å². The Kier molecular flexibility index (Phi) is 3.34. The molecule has 0 bridgehead atoms. The normalized spacial score (nSPS) is 11.9. The summed E-state index contributed by atoms with van der Waals surface area (Å²) in [5.74, 6) is -0.391. The zero-order chi connectivity index (χ0) is 10.6. The summed E-state index contributed by atoms with van der Waals surface area (Å²) in [6.45, 7) is 1.53. The molecule has 0 aliphatic carbocycles. The van der Waals surface area contributed by atoms with E-state index in [2.05, 4.69) is 5.32 Å². The minimum absolute atomic E-state index is 0.705. The van der Waals surface area contributed by atoms with Crippen LogP contribution in [0, 0.1) is 0 Å². The molecule has 1 rings (SSSR count). The summed E-state index contributed by atoms with van der Waals surface area (Å²) in [6, 6.07) is 6.30. The van der Waals surface area contributed by atoms with Gasteiger partial charge >= 0.3 is 0 Å². The van der Waals surface area contributed by atoms with Crippen molar-refractivity contribution in [1.82, 2.24) is 0 Å². The summed E-state index contributed by atoms with van der Waals surface area (Å²) in [4.78, 5) is 10.4. The van der Waals surface area contributed by atoms with Gasteiger partial charge in [-0.2, -0.15) is 0 Å². The van der Waals surface area contributed by atoms with Crippen LogP contribution in [0.4, 0.5) is 5.69 Å². The third-order valence-corrected chi connectivity index (χ3v) is 1.83. The van der Waals surface area contributed by atoms with Crippen LogP contribution in [0.2, 0.25) is 0 Å². The van der Waals surface area contributed by atoms with Gasteiger partial charge < -0.3 is 20.0 Å². The fourth-order valence-corrected chi connectivity index (χ4v) is 0.996. The number of methoxy groups -OCH3 is 1. The Morgan fingerprint density at radius 3 is 2.43 bits per heavy atom. The summed E-state index contributed by atoms with van der Waals surface area (Å²) < 4.78 is 4.97. The lowest BCUT2D eigenvalue weighted by Crippen LogP contribution is -2.38. The van der Waals surface area contributed by atoms with Gasteiger partial charge in [-0.1, -0.05) is 0 Å². The molecule has 0 saturated carbocycles. The zero-order valence-corrected chi connectivity index (χ0v) is 8.11. The molecule has 0 amide bonds. The topological polar surface area (TPSA) is 61.4 Å². The maximum absolute atomic E-state index is 10.4. The number of benzene rings is 1. The molecule has 1 atom stereocenters. The summed E-state index contributed by atoms with van der Waals surface area (Å²) >= 11 is 0. The highest BCUT2D eigenvalue weighted by molar-refractivity contribution is 5.74. The lowest BCUT2D eigenvalue weighted by molar-refractivity contribution is -0.306. The third-order valence-electron chi connectivity index (χ3n) is 1.83. The van der Waals surface area contributed by atoms with E-state index in [4.69, 9.17) is 4.74 Å². The molecule has 0 aromatic heterocycles. The summed E-state index contributed by atoms with van der Waals surface area (Å²) in [5.41, 5.74) is 0.725. The van der Waals surface area contributed by atoms with Crippen LogP contribution in [0.3, 0.4) is 0 Å². The van der Waals surface area contributed by atoms with Gasteiger partial charge in [-0.15, -0.1) is 0 Å². The third kappa shape index (κ3) is 2.65. The highest BCUT2D eigenvalue weighted by Crippen LogP contribution is 2.15. The molecule has 0 aliphatic heterocycles. The predicted octanol–water partition coefficient (Wildman–Crippen LogP) is 0.245. The van der Waals surface area contributed by atoms with Crippen LogP contribution in [-0.4, -0.2) is 19.1 Å². The number of carbonyl (C=O) groups excluding carboxylic acids is 1. The van der Waals surface area contributed by atoms with Crippen molar-refractivity contribution in [2.45, 2.75) is 13.0 Å². The maximum Gasteiger partial charge on any atom is 0.119 e. The van der Waals surface area contributed by atoms with Crippen molar-refractivity contribution in [3.8, 4) is 5.75 Å². The van der Waals surface area contributed by atoms with Crippen LogP contribution in [-0.2, 0) is 4.79 Å². The molecular weight excluding hydrogens is 182 g/mol. The van der Waals surface area contributed by atoms with Crippen molar-refractivity contribution in [2.24, 2.45) is 0 Å². The largest absolute Gasteiger partial charge is 0.548 e. The molecule has 0 saturated heterocycles. The van der Waals surface area contributed by atoms with E-state index in [0.29, 0.717) is 0 Å². The van der Waals surface area contributed by atoms with Crippen molar-refractivity contribution in [2.75, 3.05) is 12.4 Å². The van der Waals surface area contributed by atoms with Crippen LogP contribution in [0.25, 0.3) is 0 Å². The summed E-state index contributed by atoms with van der Waals surface area (Å²) in [6.07, 6.45) is 0. The van der Waals surface area contributed by atoms with Gasteiger partial charge in [0, 0.05) is 5.69 Å². The number of anilines is 1. The Hall–Kier alpha value is -1.71. The second-order valence-electron chi connectivity index (χ2n) is 2.91. The number of hydrogen-bond donors (Lipinski definition) is 1. The molecule has 14 heavy (non-hydrogen) atoms. The fraction of sp³-hybridized carbons (Fsp3) is 0.300. The van der Waals surface area contributed by atoms with E-state index in [9.17, 15) is 9.90 Å². The average molecular weight is 194 g/mol. The number of aliphatic carboxylic acids is 1. The Morgan fingerprint density at radius 1 is 1.43 bits per heavy atom. The second kappa shape index (κ2) is 4.50. The van der Waals surface area contributed by atoms with Gasteiger partial charge in [-0.05, 0) is 31.2 Å². The van der Waals surface area contributed by atoms with Crippen molar-refractivity contribution >= 4 is 11.7 Å². The van der Waals surface area contributed by atoms with Crippen molar-refractivity contribution in [1.29, 1.82) is 0 Å². The SMILES string of the molecule is COc1ccc(N[C@H](C)C(=O)[O-])cc1. The molecule has 76 valence electrons. The Balaban J connectivity index is 2.64. The first kappa shape index (κ1) is 10.4. The lowest BCUT2D eigenvalue weighted by Gasteiger charge is -2.15. The highest BCUT2D eigenvalue weighted by Gasteiger charge is 2.01. The smallest absolute Gasteiger partial charge is 0.119 e. The quantitative estimate of drug-likeness (QED) is 0.746. The molecule has 0 unspecified atom stereocenters. The number of rotatable bonds is 4. The second-order valence-corrected chi connectivity index (χ2v) is 2.91. The maximum atomic E-state index is 10.4. The molecule has 4 heteroatoms. The van der Waals surface area contributed by atoms with E-state index in [-0.39, 0.29) is 0 Å². The zero-order valence-electron chi connectivity index (χ0n) is 8.11. The van der Waals surface area contributed by atoms with Gasteiger partial charge in [-0.25, -0.2) is 0 Å². The van der Waals surface area contributed by atoms with Crippen molar-refractivity contribution in [3.63, 3.8) is 0 Å². The molecule has 1 aromatic carbocycles. The first-order valence-electron chi connectivity index (χ1n) is 4.25. The monoisotopic (exact) mass is 194 g/mol. The van der Waals surface area contributed by atoms with Gasteiger partial charge in [0.2, 0.25) is 0 Å². The molecule has 0 aliphatic rings. The molecular formula is C10H12NO3-. The minimum atomic E-state index is -1.12. The van der Waals surface area contributed by atoms with E-state index < -0.39 is 12.0 Å². The van der Waals surface area contributed by atoms with Gasteiger partial charge in [0.05, 0.1) is 19.1 Å². The van der Waals surface area contributed by atoms with Crippen molar-refractivity contribution < 1.29 is 14.6 Å². The number of nitrogens with one attached hydrogen (secondary N) is 1.